The standard InChI is InChI=1S/C23H28N2O4S/c1-28-19-12-18(13-20(14-19)29-2)24-22(26)15-30-21-10-8-17(9-11-21)25-23(27)16-6-4-3-5-7-16/h8-14,16H,3-7,15H2,1-2H3,(H,24,26)(H,25,27). The van der Waals surface area contributed by atoms with Gasteiger partial charge in [-0.15, -0.1) is 11.8 Å². The van der Waals surface area contributed by atoms with Crippen LogP contribution in [0, 0.1) is 5.92 Å². The predicted octanol–water partition coefficient (Wildman–Crippen LogP) is 4.95. The number of carbonyl (C=O) groups is 2. The molecule has 160 valence electrons. The lowest BCUT2D eigenvalue weighted by atomic mass is 9.88. The van der Waals surface area contributed by atoms with Crippen molar-refractivity contribution in [1.29, 1.82) is 0 Å². The number of amides is 2. The Balaban J connectivity index is 1.48. The van der Waals surface area contributed by atoms with Gasteiger partial charge in [-0.3, -0.25) is 9.59 Å². The highest BCUT2D eigenvalue weighted by atomic mass is 32.2. The van der Waals surface area contributed by atoms with E-state index in [1.54, 1.807) is 32.4 Å². The fourth-order valence-electron chi connectivity index (χ4n) is 3.47. The maximum Gasteiger partial charge on any atom is 0.234 e. The molecule has 1 fully saturated rings. The molecule has 1 saturated carbocycles. The van der Waals surface area contributed by atoms with Crippen LogP contribution in [0.3, 0.4) is 0 Å². The lowest BCUT2D eigenvalue weighted by Crippen LogP contribution is -2.24. The fourth-order valence-corrected chi connectivity index (χ4v) is 4.17. The lowest BCUT2D eigenvalue weighted by Gasteiger charge is -2.20. The highest BCUT2D eigenvalue weighted by Gasteiger charge is 2.20. The number of ether oxygens (including phenoxy) is 2. The first-order valence-corrected chi connectivity index (χ1v) is 11.1. The first-order chi connectivity index (χ1) is 14.6. The Kier molecular flexibility index (Phi) is 8.02. The van der Waals surface area contributed by atoms with Gasteiger partial charge >= 0.3 is 0 Å². The molecule has 0 spiro atoms. The largest absolute Gasteiger partial charge is 0.497 e. The van der Waals surface area contributed by atoms with Crippen molar-refractivity contribution in [3.8, 4) is 11.5 Å². The summed E-state index contributed by atoms with van der Waals surface area (Å²) in [5, 5.41) is 5.87. The van der Waals surface area contributed by atoms with Crippen molar-refractivity contribution in [3.63, 3.8) is 0 Å². The molecule has 7 heteroatoms. The zero-order valence-electron chi connectivity index (χ0n) is 17.4. The molecule has 6 nitrogen and oxygen atoms in total. The van der Waals surface area contributed by atoms with Gasteiger partial charge in [0.1, 0.15) is 11.5 Å². The minimum Gasteiger partial charge on any atom is -0.497 e. The molecule has 3 rings (SSSR count). The van der Waals surface area contributed by atoms with Crippen LogP contribution in [-0.2, 0) is 9.59 Å². The Morgan fingerprint density at radius 1 is 0.900 bits per heavy atom. The van der Waals surface area contributed by atoms with E-state index in [1.807, 2.05) is 24.3 Å². The number of hydrogen-bond acceptors (Lipinski definition) is 5. The second-order valence-electron chi connectivity index (χ2n) is 7.29. The SMILES string of the molecule is COc1cc(NC(=O)CSc2ccc(NC(=O)C3CCCCC3)cc2)cc(OC)c1. The zero-order valence-corrected chi connectivity index (χ0v) is 18.2. The minimum absolute atomic E-state index is 0.114. The second kappa shape index (κ2) is 10.9. The number of hydrogen-bond donors (Lipinski definition) is 2. The zero-order chi connectivity index (χ0) is 21.3. The summed E-state index contributed by atoms with van der Waals surface area (Å²) in [6.45, 7) is 0. The van der Waals surface area contributed by atoms with Gasteiger partial charge in [-0.2, -0.15) is 0 Å². The van der Waals surface area contributed by atoms with Gasteiger partial charge in [-0.1, -0.05) is 19.3 Å². The number of anilines is 2. The minimum atomic E-state index is -0.120. The van der Waals surface area contributed by atoms with Gasteiger partial charge in [0.05, 0.1) is 20.0 Å². The van der Waals surface area contributed by atoms with Gasteiger partial charge in [0.15, 0.2) is 0 Å². The molecule has 0 radical (unpaired) electrons. The highest BCUT2D eigenvalue weighted by molar-refractivity contribution is 8.00. The number of rotatable bonds is 8. The molecular weight excluding hydrogens is 400 g/mol. The summed E-state index contributed by atoms with van der Waals surface area (Å²) in [6, 6.07) is 12.8. The van der Waals surface area contributed by atoms with Crippen LogP contribution in [0.5, 0.6) is 11.5 Å². The third-order valence-corrected chi connectivity index (χ3v) is 6.11. The van der Waals surface area contributed by atoms with Crippen LogP contribution < -0.4 is 20.1 Å². The number of thioether (sulfide) groups is 1. The van der Waals surface area contributed by atoms with Gasteiger partial charge < -0.3 is 20.1 Å². The molecule has 2 aromatic carbocycles. The summed E-state index contributed by atoms with van der Waals surface area (Å²) in [6.07, 6.45) is 5.47. The quantitative estimate of drug-likeness (QED) is 0.582. The van der Waals surface area contributed by atoms with Crippen LogP contribution >= 0.6 is 11.8 Å². The summed E-state index contributed by atoms with van der Waals surface area (Å²) in [5.41, 5.74) is 1.42. The van der Waals surface area contributed by atoms with Crippen molar-refractivity contribution in [2.24, 2.45) is 5.92 Å². The third-order valence-electron chi connectivity index (χ3n) is 5.10. The van der Waals surface area contributed by atoms with Gasteiger partial charge in [-0.25, -0.2) is 0 Å². The maximum atomic E-state index is 12.3. The molecule has 2 amide bonds. The van der Waals surface area contributed by atoms with E-state index in [9.17, 15) is 9.59 Å². The molecule has 0 aliphatic heterocycles. The molecule has 2 aromatic rings. The van der Waals surface area contributed by atoms with Crippen molar-refractivity contribution in [1.82, 2.24) is 0 Å². The van der Waals surface area contributed by atoms with Crippen LogP contribution in [0.2, 0.25) is 0 Å². The van der Waals surface area contributed by atoms with E-state index < -0.39 is 0 Å². The van der Waals surface area contributed by atoms with Gasteiger partial charge in [0, 0.05) is 40.4 Å². The van der Waals surface area contributed by atoms with Gasteiger partial charge in [0.25, 0.3) is 0 Å². The van der Waals surface area contributed by atoms with Crippen molar-refractivity contribution < 1.29 is 19.1 Å². The van der Waals surface area contributed by atoms with E-state index in [2.05, 4.69) is 10.6 Å². The third kappa shape index (κ3) is 6.42. The average molecular weight is 429 g/mol. The summed E-state index contributed by atoms with van der Waals surface area (Å²) in [5.74, 6) is 1.62. The number of carbonyl (C=O) groups excluding carboxylic acids is 2. The van der Waals surface area contributed by atoms with E-state index >= 15 is 0 Å². The van der Waals surface area contributed by atoms with E-state index in [0.29, 0.717) is 17.2 Å². The first kappa shape index (κ1) is 22.0. The number of benzene rings is 2. The molecule has 1 aliphatic rings. The lowest BCUT2D eigenvalue weighted by molar-refractivity contribution is -0.120. The summed E-state index contributed by atoms with van der Waals surface area (Å²) in [4.78, 5) is 25.6. The Labute approximate surface area is 181 Å². The molecule has 0 heterocycles. The average Bonchev–Trinajstić information content (AvgIpc) is 2.78. The molecule has 0 saturated heterocycles. The Morgan fingerprint density at radius 3 is 2.13 bits per heavy atom. The molecule has 30 heavy (non-hydrogen) atoms. The maximum absolute atomic E-state index is 12.3. The summed E-state index contributed by atoms with van der Waals surface area (Å²) < 4.78 is 10.4. The summed E-state index contributed by atoms with van der Waals surface area (Å²) >= 11 is 1.44. The van der Waals surface area contributed by atoms with Crippen molar-refractivity contribution in [2.45, 2.75) is 37.0 Å². The van der Waals surface area contributed by atoms with E-state index in [1.165, 1.54) is 18.2 Å². The van der Waals surface area contributed by atoms with Gasteiger partial charge in [0.2, 0.25) is 11.8 Å². The second-order valence-corrected chi connectivity index (χ2v) is 8.34. The number of methoxy groups -OCH3 is 2. The Bertz CT molecular complexity index is 842. The molecule has 0 bridgehead atoms. The molecule has 1 aliphatic carbocycles. The van der Waals surface area contributed by atoms with Crippen molar-refractivity contribution in [2.75, 3.05) is 30.6 Å². The normalized spacial score (nSPS) is 14.1. The van der Waals surface area contributed by atoms with Crippen molar-refractivity contribution >= 4 is 35.0 Å². The van der Waals surface area contributed by atoms with Crippen LogP contribution in [0.4, 0.5) is 11.4 Å². The molecule has 0 unspecified atom stereocenters. The Hall–Kier alpha value is -2.67. The van der Waals surface area contributed by atoms with Crippen LogP contribution in [0.25, 0.3) is 0 Å². The van der Waals surface area contributed by atoms with Crippen LogP contribution in [0.15, 0.2) is 47.4 Å². The van der Waals surface area contributed by atoms with E-state index in [4.69, 9.17) is 9.47 Å². The van der Waals surface area contributed by atoms with E-state index in [0.717, 1.165) is 36.3 Å². The Morgan fingerprint density at radius 2 is 1.53 bits per heavy atom. The molecule has 0 aromatic heterocycles. The fraction of sp³-hybridized carbons (Fsp3) is 0.391. The molecule has 0 atom stereocenters. The van der Waals surface area contributed by atoms with Gasteiger partial charge in [-0.05, 0) is 37.1 Å². The first-order valence-electron chi connectivity index (χ1n) is 10.1. The monoisotopic (exact) mass is 428 g/mol. The van der Waals surface area contributed by atoms with Crippen molar-refractivity contribution in [3.05, 3.63) is 42.5 Å². The van der Waals surface area contributed by atoms with Crippen LogP contribution in [0.1, 0.15) is 32.1 Å². The van der Waals surface area contributed by atoms with Crippen LogP contribution in [-0.4, -0.2) is 31.8 Å². The molecular formula is C23H28N2O4S. The highest BCUT2D eigenvalue weighted by Crippen LogP contribution is 2.27. The smallest absolute Gasteiger partial charge is 0.234 e. The predicted molar refractivity (Wildman–Crippen MR) is 121 cm³/mol. The topological polar surface area (TPSA) is 76.7 Å². The van der Waals surface area contributed by atoms with E-state index in [-0.39, 0.29) is 23.5 Å². The molecule has 2 N–H and O–H groups in total. The number of nitrogens with one attached hydrogen (secondary N) is 2. The summed E-state index contributed by atoms with van der Waals surface area (Å²) in [7, 11) is 3.13.